The zero-order chi connectivity index (χ0) is 20.1. The smallest absolute Gasteiger partial charge is 0.255 e. The lowest BCUT2D eigenvalue weighted by Gasteiger charge is -2.27. The van der Waals surface area contributed by atoms with E-state index in [1.54, 1.807) is 18.2 Å². The molecule has 7 heteroatoms. The fourth-order valence-electron chi connectivity index (χ4n) is 3.96. The van der Waals surface area contributed by atoms with E-state index in [2.05, 4.69) is 10.3 Å². The largest absolute Gasteiger partial charge is 0.345 e. The first-order valence-corrected chi connectivity index (χ1v) is 11.2. The summed E-state index contributed by atoms with van der Waals surface area (Å²) in [5.74, 6) is -0.192. The number of hydrogen-bond acceptors (Lipinski definition) is 4. The van der Waals surface area contributed by atoms with Crippen LogP contribution < -0.4 is 5.32 Å². The highest BCUT2D eigenvalue weighted by Gasteiger charge is 2.25. The van der Waals surface area contributed by atoms with Crippen LogP contribution in [0.5, 0.6) is 0 Å². The number of aryl methyl sites for hydroxylation is 3. The van der Waals surface area contributed by atoms with Gasteiger partial charge in [0.05, 0.1) is 16.5 Å². The van der Waals surface area contributed by atoms with Gasteiger partial charge in [0.1, 0.15) is 5.65 Å². The molecule has 1 atom stereocenters. The van der Waals surface area contributed by atoms with E-state index < -0.39 is 9.84 Å². The molecule has 1 aromatic carbocycles. The van der Waals surface area contributed by atoms with Gasteiger partial charge in [-0.15, -0.1) is 0 Å². The number of rotatable bonds is 3. The second-order valence-electron chi connectivity index (χ2n) is 7.51. The van der Waals surface area contributed by atoms with E-state index in [1.807, 2.05) is 36.6 Å². The third-order valence-corrected chi connectivity index (χ3v) is 6.46. The molecule has 0 radical (unpaired) electrons. The van der Waals surface area contributed by atoms with Gasteiger partial charge >= 0.3 is 0 Å². The van der Waals surface area contributed by atoms with Crippen LogP contribution in [0.25, 0.3) is 5.65 Å². The van der Waals surface area contributed by atoms with Gasteiger partial charge in [-0.05, 0) is 68.5 Å². The Kier molecular flexibility index (Phi) is 4.50. The highest BCUT2D eigenvalue weighted by molar-refractivity contribution is 7.90. The van der Waals surface area contributed by atoms with Crippen molar-refractivity contribution in [2.24, 2.45) is 0 Å². The highest BCUT2D eigenvalue weighted by Crippen LogP contribution is 2.32. The Morgan fingerprint density at radius 3 is 2.75 bits per heavy atom. The molecule has 1 amide bonds. The second kappa shape index (κ2) is 6.74. The predicted octanol–water partition coefficient (Wildman–Crippen LogP) is 3.16. The number of fused-ring (bicyclic) bond motifs is 2. The molecule has 0 fully saturated rings. The molecule has 0 spiro atoms. The van der Waals surface area contributed by atoms with E-state index >= 15 is 0 Å². The maximum absolute atomic E-state index is 13.0. The van der Waals surface area contributed by atoms with Crippen molar-refractivity contribution in [3.05, 3.63) is 64.6 Å². The Balaban J connectivity index is 1.69. The number of aromatic nitrogens is 2. The molecule has 0 bridgehead atoms. The number of carbonyl (C=O) groups is 1. The molecule has 146 valence electrons. The summed E-state index contributed by atoms with van der Waals surface area (Å²) in [6.07, 6.45) is 5.67. The summed E-state index contributed by atoms with van der Waals surface area (Å²) in [6.45, 7) is 3.89. The van der Waals surface area contributed by atoms with Crippen LogP contribution in [0.2, 0.25) is 0 Å². The summed E-state index contributed by atoms with van der Waals surface area (Å²) in [4.78, 5) is 17.8. The zero-order valence-electron chi connectivity index (χ0n) is 16.2. The van der Waals surface area contributed by atoms with Crippen LogP contribution >= 0.6 is 0 Å². The SMILES string of the molecule is Cc1cc(C)n2ccc(C(=O)NC3CCCc4ccc(S(C)(=O)=O)cc43)c2n1. The number of carbonyl (C=O) groups excluding carboxylic acids is 1. The number of hydrogen-bond donors (Lipinski definition) is 1. The maximum Gasteiger partial charge on any atom is 0.255 e. The van der Waals surface area contributed by atoms with Crippen molar-refractivity contribution in [2.75, 3.05) is 6.26 Å². The quantitative estimate of drug-likeness (QED) is 0.736. The Labute approximate surface area is 164 Å². The third-order valence-electron chi connectivity index (χ3n) is 5.35. The van der Waals surface area contributed by atoms with E-state index in [0.717, 1.165) is 41.8 Å². The Bertz CT molecular complexity index is 1200. The Morgan fingerprint density at radius 1 is 1.21 bits per heavy atom. The number of benzene rings is 1. The molecule has 28 heavy (non-hydrogen) atoms. The molecule has 1 N–H and O–H groups in total. The van der Waals surface area contributed by atoms with Gasteiger partial charge in [-0.25, -0.2) is 13.4 Å². The standard InChI is InChI=1S/C21H23N3O3S/c1-13-11-14(2)24-10-9-17(20(24)22-13)21(25)23-19-6-4-5-15-7-8-16(12-18(15)19)28(3,26)27/h7-12,19H,4-6H2,1-3H3,(H,23,25). The Hall–Kier alpha value is -2.67. The lowest BCUT2D eigenvalue weighted by atomic mass is 9.87. The molecular weight excluding hydrogens is 374 g/mol. The zero-order valence-corrected chi connectivity index (χ0v) is 17.0. The minimum atomic E-state index is -3.30. The lowest BCUT2D eigenvalue weighted by Crippen LogP contribution is -2.31. The molecule has 2 aromatic heterocycles. The molecule has 0 saturated heterocycles. The second-order valence-corrected chi connectivity index (χ2v) is 9.53. The minimum absolute atomic E-state index is 0.192. The number of nitrogens with zero attached hydrogens (tertiary/aromatic N) is 2. The van der Waals surface area contributed by atoms with E-state index in [9.17, 15) is 13.2 Å². The number of sulfone groups is 1. The maximum atomic E-state index is 13.0. The van der Waals surface area contributed by atoms with Gasteiger partial charge in [0.2, 0.25) is 0 Å². The molecule has 0 saturated carbocycles. The van der Waals surface area contributed by atoms with Gasteiger partial charge in [0.25, 0.3) is 5.91 Å². The van der Waals surface area contributed by atoms with Crippen molar-refractivity contribution >= 4 is 21.4 Å². The van der Waals surface area contributed by atoms with Crippen molar-refractivity contribution in [3.63, 3.8) is 0 Å². The molecular formula is C21H23N3O3S. The first-order valence-electron chi connectivity index (χ1n) is 9.33. The molecule has 1 aliphatic rings. The lowest BCUT2D eigenvalue weighted by molar-refractivity contribution is 0.0934. The van der Waals surface area contributed by atoms with Crippen molar-refractivity contribution in [1.82, 2.24) is 14.7 Å². The van der Waals surface area contributed by atoms with E-state index in [0.29, 0.717) is 11.2 Å². The average molecular weight is 398 g/mol. The fourth-order valence-corrected chi connectivity index (χ4v) is 4.62. The van der Waals surface area contributed by atoms with Crippen LogP contribution in [-0.2, 0) is 16.3 Å². The van der Waals surface area contributed by atoms with Gasteiger partial charge in [0, 0.05) is 23.8 Å². The molecule has 0 aliphatic heterocycles. The topological polar surface area (TPSA) is 80.5 Å². The summed E-state index contributed by atoms with van der Waals surface area (Å²) >= 11 is 0. The minimum Gasteiger partial charge on any atom is -0.345 e. The van der Waals surface area contributed by atoms with E-state index in [1.165, 1.54) is 6.26 Å². The van der Waals surface area contributed by atoms with E-state index in [-0.39, 0.29) is 16.8 Å². The van der Waals surface area contributed by atoms with Gasteiger partial charge in [-0.1, -0.05) is 6.07 Å². The molecule has 3 aromatic rings. The average Bonchev–Trinajstić information content (AvgIpc) is 3.05. The van der Waals surface area contributed by atoms with Gasteiger partial charge in [0.15, 0.2) is 9.84 Å². The van der Waals surface area contributed by atoms with Crippen molar-refractivity contribution in [1.29, 1.82) is 0 Å². The molecule has 1 unspecified atom stereocenters. The molecule has 4 rings (SSSR count). The van der Waals surface area contributed by atoms with Crippen LogP contribution in [0.4, 0.5) is 0 Å². The molecule has 1 aliphatic carbocycles. The molecule has 6 nitrogen and oxygen atoms in total. The molecule has 2 heterocycles. The van der Waals surface area contributed by atoms with Crippen molar-refractivity contribution < 1.29 is 13.2 Å². The number of amides is 1. The van der Waals surface area contributed by atoms with Crippen molar-refractivity contribution in [2.45, 2.75) is 44.0 Å². The first kappa shape index (κ1) is 18.7. The van der Waals surface area contributed by atoms with E-state index in [4.69, 9.17) is 0 Å². The monoisotopic (exact) mass is 397 g/mol. The van der Waals surface area contributed by atoms with Gasteiger partial charge < -0.3 is 9.72 Å². The summed E-state index contributed by atoms with van der Waals surface area (Å²) in [7, 11) is -3.30. The summed E-state index contributed by atoms with van der Waals surface area (Å²) in [5.41, 5.74) is 5.02. The highest BCUT2D eigenvalue weighted by atomic mass is 32.2. The normalized spacial score (nSPS) is 16.8. The van der Waals surface area contributed by atoms with Crippen LogP contribution in [0, 0.1) is 13.8 Å². The summed E-state index contributed by atoms with van der Waals surface area (Å²) < 4.78 is 25.8. The number of nitrogens with one attached hydrogen (secondary N) is 1. The Morgan fingerprint density at radius 2 is 2.00 bits per heavy atom. The van der Waals surface area contributed by atoms with Gasteiger partial charge in [-0.2, -0.15) is 0 Å². The summed E-state index contributed by atoms with van der Waals surface area (Å²) in [5, 5.41) is 3.10. The van der Waals surface area contributed by atoms with Crippen LogP contribution in [0.15, 0.2) is 41.4 Å². The van der Waals surface area contributed by atoms with Crippen molar-refractivity contribution in [3.8, 4) is 0 Å². The fraction of sp³-hybridized carbons (Fsp3) is 0.333. The summed E-state index contributed by atoms with van der Waals surface area (Å²) in [6, 6.07) is 8.76. The first-order chi connectivity index (χ1) is 13.2. The van der Waals surface area contributed by atoms with Crippen LogP contribution in [0.1, 0.15) is 51.8 Å². The van der Waals surface area contributed by atoms with Crippen LogP contribution in [0.3, 0.4) is 0 Å². The van der Waals surface area contributed by atoms with Crippen LogP contribution in [-0.4, -0.2) is 30.0 Å². The van der Waals surface area contributed by atoms with Gasteiger partial charge in [-0.3, -0.25) is 4.79 Å². The third kappa shape index (κ3) is 3.30. The predicted molar refractivity (Wildman–Crippen MR) is 107 cm³/mol.